The summed E-state index contributed by atoms with van der Waals surface area (Å²) in [4.78, 5) is 0. The molecular weight excluding hydrogens is 212 g/mol. The molecular formula is C14H31OSi. The Morgan fingerprint density at radius 3 is 1.44 bits per heavy atom. The Kier molecular flexibility index (Phi) is 6.88. The minimum atomic E-state index is -0.561. The van der Waals surface area contributed by atoms with Crippen molar-refractivity contribution >= 4 is 9.04 Å². The second-order valence-electron chi connectivity index (χ2n) is 7.09. The SMILES string of the molecule is CCO[Si](CCC(C)(C)C)CCC(C)(C)C. The van der Waals surface area contributed by atoms with Gasteiger partial charge >= 0.3 is 0 Å². The van der Waals surface area contributed by atoms with E-state index in [-0.39, 0.29) is 0 Å². The first-order chi connectivity index (χ1) is 7.14. The van der Waals surface area contributed by atoms with Gasteiger partial charge in [0.25, 0.3) is 0 Å². The third-order valence-corrected chi connectivity index (χ3v) is 4.97. The molecule has 0 saturated heterocycles. The van der Waals surface area contributed by atoms with Crippen LogP contribution >= 0.6 is 0 Å². The van der Waals surface area contributed by atoms with Crippen molar-refractivity contribution < 1.29 is 4.43 Å². The molecule has 0 aliphatic heterocycles. The van der Waals surface area contributed by atoms with E-state index in [1.54, 1.807) is 0 Å². The maximum Gasteiger partial charge on any atom is 0.211 e. The fourth-order valence-electron chi connectivity index (χ4n) is 1.50. The van der Waals surface area contributed by atoms with E-state index in [1.807, 2.05) is 0 Å². The molecule has 0 saturated carbocycles. The van der Waals surface area contributed by atoms with Crippen molar-refractivity contribution in [3.05, 3.63) is 0 Å². The van der Waals surface area contributed by atoms with Gasteiger partial charge in [0, 0.05) is 6.61 Å². The Bertz CT molecular complexity index is 158. The molecule has 1 radical (unpaired) electrons. The summed E-state index contributed by atoms with van der Waals surface area (Å²) in [7, 11) is -0.561. The monoisotopic (exact) mass is 243 g/mol. The normalized spacial score (nSPS) is 13.5. The standard InChI is InChI=1S/C14H31OSi/c1-8-15-16(11-9-13(2,3)4)12-10-14(5,6)7/h8-12H2,1-7H3. The molecule has 0 rings (SSSR count). The van der Waals surface area contributed by atoms with Gasteiger partial charge in [-0.15, -0.1) is 0 Å². The van der Waals surface area contributed by atoms with Crippen LogP contribution in [0.3, 0.4) is 0 Å². The van der Waals surface area contributed by atoms with Gasteiger partial charge in [-0.1, -0.05) is 41.5 Å². The van der Waals surface area contributed by atoms with Gasteiger partial charge in [-0.25, -0.2) is 0 Å². The van der Waals surface area contributed by atoms with Crippen molar-refractivity contribution in [1.82, 2.24) is 0 Å². The van der Waals surface area contributed by atoms with Crippen molar-refractivity contribution in [2.75, 3.05) is 6.61 Å². The van der Waals surface area contributed by atoms with Gasteiger partial charge in [0.1, 0.15) is 0 Å². The lowest BCUT2D eigenvalue weighted by Gasteiger charge is -2.24. The van der Waals surface area contributed by atoms with Crippen LogP contribution in [-0.2, 0) is 4.43 Å². The van der Waals surface area contributed by atoms with Gasteiger partial charge in [0.05, 0.1) is 0 Å². The van der Waals surface area contributed by atoms with Gasteiger partial charge in [-0.2, -0.15) is 0 Å². The Balaban J connectivity index is 3.98. The van der Waals surface area contributed by atoms with Crippen LogP contribution in [0.4, 0.5) is 0 Å². The third kappa shape index (κ3) is 10.7. The molecule has 0 heterocycles. The van der Waals surface area contributed by atoms with Crippen LogP contribution in [0.15, 0.2) is 0 Å². The van der Waals surface area contributed by atoms with Gasteiger partial charge in [0.15, 0.2) is 0 Å². The van der Waals surface area contributed by atoms with E-state index >= 15 is 0 Å². The van der Waals surface area contributed by atoms with Crippen LogP contribution in [0.2, 0.25) is 12.1 Å². The van der Waals surface area contributed by atoms with E-state index in [1.165, 1.54) is 24.9 Å². The molecule has 2 heteroatoms. The van der Waals surface area contributed by atoms with Crippen LogP contribution in [0.25, 0.3) is 0 Å². The maximum atomic E-state index is 5.93. The molecule has 0 aliphatic carbocycles. The van der Waals surface area contributed by atoms with Crippen molar-refractivity contribution in [3.8, 4) is 0 Å². The predicted octanol–water partition coefficient (Wildman–Crippen LogP) is 4.89. The topological polar surface area (TPSA) is 9.23 Å². The minimum absolute atomic E-state index is 0.453. The Hall–Kier alpha value is 0.177. The van der Waals surface area contributed by atoms with Crippen molar-refractivity contribution in [2.45, 2.75) is 73.4 Å². The van der Waals surface area contributed by atoms with Crippen molar-refractivity contribution in [1.29, 1.82) is 0 Å². The summed E-state index contributed by atoms with van der Waals surface area (Å²) in [5.74, 6) is 0. The van der Waals surface area contributed by atoms with Crippen LogP contribution in [0, 0.1) is 10.8 Å². The van der Waals surface area contributed by atoms with E-state index in [4.69, 9.17) is 4.43 Å². The smallest absolute Gasteiger partial charge is 0.211 e. The summed E-state index contributed by atoms with van der Waals surface area (Å²) in [6, 6.07) is 2.61. The lowest BCUT2D eigenvalue weighted by atomic mass is 9.93. The predicted molar refractivity (Wildman–Crippen MR) is 75.1 cm³/mol. The fraction of sp³-hybridized carbons (Fsp3) is 1.00. The second-order valence-corrected chi connectivity index (χ2v) is 9.46. The van der Waals surface area contributed by atoms with E-state index < -0.39 is 9.04 Å². The Morgan fingerprint density at radius 2 is 1.19 bits per heavy atom. The summed E-state index contributed by atoms with van der Waals surface area (Å²) >= 11 is 0. The van der Waals surface area contributed by atoms with Crippen LogP contribution < -0.4 is 0 Å². The molecule has 0 fully saturated rings. The minimum Gasteiger partial charge on any atom is -0.417 e. The summed E-state index contributed by atoms with van der Waals surface area (Å²) < 4.78 is 5.93. The van der Waals surface area contributed by atoms with E-state index in [0.717, 1.165) is 6.61 Å². The van der Waals surface area contributed by atoms with Crippen molar-refractivity contribution in [2.24, 2.45) is 10.8 Å². The summed E-state index contributed by atoms with van der Waals surface area (Å²) in [5.41, 5.74) is 0.906. The number of hydrogen-bond acceptors (Lipinski definition) is 1. The number of hydrogen-bond donors (Lipinski definition) is 0. The fourth-order valence-corrected chi connectivity index (χ4v) is 4.51. The number of rotatable bonds is 6. The molecule has 0 amide bonds. The Morgan fingerprint density at radius 1 is 0.812 bits per heavy atom. The highest BCUT2D eigenvalue weighted by Gasteiger charge is 2.20. The lowest BCUT2D eigenvalue weighted by Crippen LogP contribution is -2.22. The molecule has 0 spiro atoms. The molecule has 0 aliphatic rings. The zero-order valence-electron chi connectivity index (χ0n) is 12.4. The molecule has 0 atom stereocenters. The molecule has 0 N–H and O–H groups in total. The maximum absolute atomic E-state index is 5.93. The molecule has 0 aromatic carbocycles. The lowest BCUT2D eigenvalue weighted by molar-refractivity contribution is 0.316. The first-order valence-corrected chi connectivity index (χ1v) is 8.44. The van der Waals surface area contributed by atoms with Gasteiger partial charge in [-0.3, -0.25) is 0 Å². The largest absolute Gasteiger partial charge is 0.417 e. The molecule has 0 bridgehead atoms. The van der Waals surface area contributed by atoms with Crippen LogP contribution in [0.1, 0.15) is 61.3 Å². The summed E-state index contributed by atoms with van der Waals surface area (Å²) in [6.07, 6.45) is 2.59. The first-order valence-electron chi connectivity index (χ1n) is 6.61. The second kappa shape index (κ2) is 6.80. The molecule has 97 valence electrons. The van der Waals surface area contributed by atoms with E-state index in [9.17, 15) is 0 Å². The van der Waals surface area contributed by atoms with Crippen molar-refractivity contribution in [3.63, 3.8) is 0 Å². The highest BCUT2D eigenvalue weighted by atomic mass is 28.3. The Labute approximate surface area is 105 Å². The highest BCUT2D eigenvalue weighted by Crippen LogP contribution is 2.27. The molecule has 0 aromatic rings. The summed E-state index contributed by atoms with van der Waals surface area (Å²) in [6.45, 7) is 16.9. The van der Waals surface area contributed by atoms with E-state index in [2.05, 4.69) is 48.5 Å². The van der Waals surface area contributed by atoms with E-state index in [0.29, 0.717) is 10.8 Å². The van der Waals surface area contributed by atoms with Gasteiger partial charge < -0.3 is 4.43 Å². The summed E-state index contributed by atoms with van der Waals surface area (Å²) in [5, 5.41) is 0. The van der Waals surface area contributed by atoms with Crippen LogP contribution in [0.5, 0.6) is 0 Å². The first kappa shape index (κ1) is 16.2. The zero-order chi connectivity index (χ0) is 12.8. The molecule has 1 nitrogen and oxygen atoms in total. The van der Waals surface area contributed by atoms with Crippen LogP contribution in [-0.4, -0.2) is 15.6 Å². The highest BCUT2D eigenvalue weighted by molar-refractivity contribution is 6.51. The molecule has 16 heavy (non-hydrogen) atoms. The molecule has 0 unspecified atom stereocenters. The van der Waals surface area contributed by atoms with Gasteiger partial charge in [0.2, 0.25) is 9.04 Å². The quantitative estimate of drug-likeness (QED) is 0.604. The average Bonchev–Trinajstić information content (AvgIpc) is 2.07. The average molecular weight is 243 g/mol. The van der Waals surface area contributed by atoms with Gasteiger partial charge in [-0.05, 0) is 42.7 Å². The molecule has 0 aromatic heterocycles. The third-order valence-electron chi connectivity index (χ3n) is 2.66. The zero-order valence-corrected chi connectivity index (χ0v) is 13.4.